The molecule has 0 aromatic heterocycles. The first-order valence-corrected chi connectivity index (χ1v) is 7.63. The number of hydrogen-bond acceptors (Lipinski definition) is 2. The molecule has 0 aromatic carbocycles. The van der Waals surface area contributed by atoms with Crippen molar-refractivity contribution in [3.63, 3.8) is 0 Å². The van der Waals surface area contributed by atoms with Crippen molar-refractivity contribution < 1.29 is 0 Å². The van der Waals surface area contributed by atoms with E-state index in [1.807, 2.05) is 6.08 Å². The van der Waals surface area contributed by atoms with Crippen LogP contribution in [0.1, 0.15) is 57.8 Å². The van der Waals surface area contributed by atoms with E-state index in [0.29, 0.717) is 11.6 Å². The molecule has 1 N–H and O–H groups in total. The molecule has 18 heavy (non-hydrogen) atoms. The first kappa shape index (κ1) is 15.7. The quantitative estimate of drug-likeness (QED) is 0.423. The zero-order chi connectivity index (χ0) is 13.4. The molecule has 0 aliphatic heterocycles. The molecule has 1 rings (SSSR count). The van der Waals surface area contributed by atoms with Crippen molar-refractivity contribution in [1.29, 1.82) is 0 Å². The van der Waals surface area contributed by atoms with Gasteiger partial charge in [0.25, 0.3) is 0 Å². The third kappa shape index (κ3) is 3.83. The van der Waals surface area contributed by atoms with Crippen LogP contribution in [0.2, 0.25) is 0 Å². The lowest BCUT2D eigenvalue weighted by Gasteiger charge is -2.46. The second kappa shape index (κ2) is 7.96. The van der Waals surface area contributed by atoms with E-state index in [-0.39, 0.29) is 0 Å². The van der Waals surface area contributed by atoms with Crippen molar-refractivity contribution in [3.8, 4) is 0 Å². The van der Waals surface area contributed by atoms with Crippen LogP contribution in [0.25, 0.3) is 0 Å². The first-order valence-electron chi connectivity index (χ1n) is 7.63. The highest BCUT2D eigenvalue weighted by atomic mass is 15.2. The standard InChI is InChI=1S/C16H32N2/c1-5-6-9-12-15(17-2)16(18(3)4)13-10-7-8-11-14-16/h5,15,17H,1,6-14H2,2-4H3. The molecule has 1 saturated carbocycles. The van der Waals surface area contributed by atoms with Gasteiger partial charge in [0.1, 0.15) is 0 Å². The molecule has 1 unspecified atom stereocenters. The Hall–Kier alpha value is -0.340. The molecule has 0 saturated heterocycles. The largest absolute Gasteiger partial charge is 0.315 e. The van der Waals surface area contributed by atoms with Gasteiger partial charge in [0, 0.05) is 11.6 Å². The Labute approximate surface area is 114 Å². The molecule has 1 fully saturated rings. The highest BCUT2D eigenvalue weighted by molar-refractivity contribution is 4.99. The highest BCUT2D eigenvalue weighted by Crippen LogP contribution is 2.35. The molecular formula is C16H32N2. The fourth-order valence-corrected chi connectivity index (χ4v) is 3.60. The van der Waals surface area contributed by atoms with Crippen molar-refractivity contribution in [2.75, 3.05) is 21.1 Å². The molecule has 0 heterocycles. The minimum Gasteiger partial charge on any atom is -0.315 e. The summed E-state index contributed by atoms with van der Waals surface area (Å²) in [6.07, 6.45) is 14.0. The fourth-order valence-electron chi connectivity index (χ4n) is 3.60. The van der Waals surface area contributed by atoms with Gasteiger partial charge in [0.15, 0.2) is 0 Å². The van der Waals surface area contributed by atoms with E-state index in [2.05, 4.69) is 37.9 Å². The average molecular weight is 252 g/mol. The lowest BCUT2D eigenvalue weighted by Crippen LogP contribution is -2.58. The molecule has 0 radical (unpaired) electrons. The number of allylic oxidation sites excluding steroid dienone is 1. The number of nitrogens with one attached hydrogen (secondary N) is 1. The SMILES string of the molecule is C=CCCCC(NC)C1(N(C)C)CCCCCC1. The van der Waals surface area contributed by atoms with Crippen LogP contribution in [0.5, 0.6) is 0 Å². The van der Waals surface area contributed by atoms with E-state index in [9.17, 15) is 0 Å². The summed E-state index contributed by atoms with van der Waals surface area (Å²) in [5, 5.41) is 3.60. The Bertz CT molecular complexity index is 227. The maximum Gasteiger partial charge on any atom is 0.0356 e. The lowest BCUT2D eigenvalue weighted by molar-refractivity contribution is 0.0789. The summed E-state index contributed by atoms with van der Waals surface area (Å²) in [5.41, 5.74) is 0.367. The number of rotatable bonds is 7. The van der Waals surface area contributed by atoms with Crippen molar-refractivity contribution in [3.05, 3.63) is 12.7 Å². The third-order valence-electron chi connectivity index (χ3n) is 4.76. The normalized spacial score (nSPS) is 21.6. The molecule has 106 valence electrons. The molecule has 0 bridgehead atoms. The van der Waals surface area contributed by atoms with Crippen LogP contribution in [0.4, 0.5) is 0 Å². The summed E-state index contributed by atoms with van der Waals surface area (Å²) < 4.78 is 0. The fraction of sp³-hybridized carbons (Fsp3) is 0.875. The number of nitrogens with zero attached hydrogens (tertiary/aromatic N) is 1. The second-order valence-corrected chi connectivity index (χ2v) is 5.97. The number of unbranched alkanes of at least 4 members (excludes halogenated alkanes) is 1. The minimum atomic E-state index is 0.367. The van der Waals surface area contributed by atoms with E-state index in [4.69, 9.17) is 0 Å². The Kier molecular flexibility index (Phi) is 6.95. The van der Waals surface area contributed by atoms with E-state index in [1.54, 1.807) is 0 Å². The van der Waals surface area contributed by atoms with Crippen molar-refractivity contribution in [2.24, 2.45) is 0 Å². The van der Waals surface area contributed by atoms with Crippen LogP contribution in [-0.4, -0.2) is 37.6 Å². The van der Waals surface area contributed by atoms with E-state index in [0.717, 1.165) is 6.42 Å². The number of hydrogen-bond donors (Lipinski definition) is 1. The van der Waals surface area contributed by atoms with Gasteiger partial charge in [0.2, 0.25) is 0 Å². The zero-order valence-corrected chi connectivity index (χ0v) is 12.7. The molecule has 2 nitrogen and oxygen atoms in total. The highest BCUT2D eigenvalue weighted by Gasteiger charge is 2.39. The minimum absolute atomic E-state index is 0.367. The monoisotopic (exact) mass is 252 g/mol. The van der Waals surface area contributed by atoms with E-state index < -0.39 is 0 Å². The smallest absolute Gasteiger partial charge is 0.0356 e. The van der Waals surface area contributed by atoms with Gasteiger partial charge >= 0.3 is 0 Å². The molecule has 1 aliphatic carbocycles. The topological polar surface area (TPSA) is 15.3 Å². The lowest BCUT2D eigenvalue weighted by atomic mass is 9.79. The molecule has 0 spiro atoms. The predicted molar refractivity (Wildman–Crippen MR) is 81.0 cm³/mol. The van der Waals surface area contributed by atoms with Crippen LogP contribution in [0.15, 0.2) is 12.7 Å². The summed E-state index contributed by atoms with van der Waals surface area (Å²) >= 11 is 0. The Morgan fingerprint density at radius 2 is 1.83 bits per heavy atom. The third-order valence-corrected chi connectivity index (χ3v) is 4.76. The van der Waals surface area contributed by atoms with Crippen molar-refractivity contribution >= 4 is 0 Å². The number of likely N-dealkylation sites (N-methyl/N-ethyl adjacent to an activating group) is 2. The molecule has 0 aromatic rings. The van der Waals surface area contributed by atoms with Gasteiger partial charge in [-0.2, -0.15) is 0 Å². The van der Waals surface area contributed by atoms with Gasteiger partial charge in [-0.25, -0.2) is 0 Å². The maximum atomic E-state index is 3.83. The van der Waals surface area contributed by atoms with Gasteiger partial charge in [-0.3, -0.25) is 0 Å². The molecule has 1 atom stereocenters. The van der Waals surface area contributed by atoms with Crippen LogP contribution in [0, 0.1) is 0 Å². The average Bonchev–Trinajstić information content (AvgIpc) is 2.61. The van der Waals surface area contributed by atoms with Crippen LogP contribution in [0.3, 0.4) is 0 Å². The Balaban J connectivity index is 2.74. The predicted octanol–water partition coefficient (Wildman–Crippen LogP) is 3.59. The van der Waals surface area contributed by atoms with Crippen LogP contribution >= 0.6 is 0 Å². The van der Waals surface area contributed by atoms with E-state index >= 15 is 0 Å². The first-order chi connectivity index (χ1) is 8.67. The van der Waals surface area contributed by atoms with Crippen LogP contribution < -0.4 is 5.32 Å². The molecular weight excluding hydrogens is 220 g/mol. The van der Waals surface area contributed by atoms with Gasteiger partial charge in [0.05, 0.1) is 0 Å². The summed E-state index contributed by atoms with van der Waals surface area (Å²) in [5.74, 6) is 0. The summed E-state index contributed by atoms with van der Waals surface area (Å²) in [6, 6.07) is 0.616. The van der Waals surface area contributed by atoms with Gasteiger partial charge in [-0.05, 0) is 53.2 Å². The molecule has 2 heteroatoms. The van der Waals surface area contributed by atoms with Gasteiger partial charge in [-0.15, -0.1) is 6.58 Å². The molecule has 0 amide bonds. The van der Waals surface area contributed by atoms with E-state index in [1.165, 1.54) is 51.4 Å². The Morgan fingerprint density at radius 1 is 1.22 bits per heavy atom. The Morgan fingerprint density at radius 3 is 2.28 bits per heavy atom. The second-order valence-electron chi connectivity index (χ2n) is 5.97. The summed E-state index contributed by atoms with van der Waals surface area (Å²) in [4.78, 5) is 2.49. The van der Waals surface area contributed by atoms with Crippen molar-refractivity contribution in [1.82, 2.24) is 10.2 Å². The van der Waals surface area contributed by atoms with Gasteiger partial charge < -0.3 is 10.2 Å². The maximum absolute atomic E-state index is 3.83. The van der Waals surface area contributed by atoms with Crippen LogP contribution in [-0.2, 0) is 0 Å². The van der Waals surface area contributed by atoms with Crippen molar-refractivity contribution in [2.45, 2.75) is 69.4 Å². The molecule has 1 aliphatic rings. The van der Waals surface area contributed by atoms with Gasteiger partial charge in [-0.1, -0.05) is 31.8 Å². The summed E-state index contributed by atoms with van der Waals surface area (Å²) in [6.45, 7) is 3.83. The summed E-state index contributed by atoms with van der Waals surface area (Å²) in [7, 11) is 6.67. The zero-order valence-electron chi connectivity index (χ0n) is 12.7.